The Morgan fingerprint density at radius 2 is 2.08 bits per heavy atom. The molecule has 1 amide bonds. The Bertz CT molecular complexity index is 751. The monoisotopic (exact) mass is 329 g/mol. The molecule has 0 unspecified atom stereocenters. The van der Waals surface area contributed by atoms with E-state index in [0.717, 1.165) is 25.0 Å². The first-order valence-corrected chi connectivity index (χ1v) is 8.10. The summed E-state index contributed by atoms with van der Waals surface area (Å²) in [5.74, 6) is 0.529. The summed E-state index contributed by atoms with van der Waals surface area (Å²) in [5, 5.41) is 0. The number of aromatic nitrogens is 2. The van der Waals surface area contributed by atoms with Crippen LogP contribution in [0.25, 0.3) is 0 Å². The number of carbonyl (C=O) groups excluding carboxylic acids is 1. The molecule has 1 fully saturated rings. The van der Waals surface area contributed by atoms with Crippen LogP contribution in [-0.2, 0) is 4.79 Å². The highest BCUT2D eigenvalue weighted by atomic mass is 19.1. The van der Waals surface area contributed by atoms with E-state index in [9.17, 15) is 9.18 Å². The van der Waals surface area contributed by atoms with Gasteiger partial charge in [0.05, 0.1) is 6.04 Å². The van der Waals surface area contributed by atoms with Crippen molar-refractivity contribution in [2.75, 3.05) is 6.54 Å². The molecule has 3 rings (SSSR count). The second-order valence-electron chi connectivity index (χ2n) is 5.96. The molecule has 1 aromatic heterocycles. The molecular formula is C18H20FN3O2. The number of rotatable bonds is 3. The Balaban J connectivity index is 1.91. The smallest absolute Gasteiger partial charge is 0.223 e. The number of para-hydroxylation sites is 1. The highest BCUT2D eigenvalue weighted by molar-refractivity contribution is 5.73. The predicted octanol–water partition coefficient (Wildman–Crippen LogP) is 3.79. The van der Waals surface area contributed by atoms with Crippen molar-refractivity contribution in [3.8, 4) is 11.6 Å². The van der Waals surface area contributed by atoms with Gasteiger partial charge < -0.3 is 9.64 Å². The van der Waals surface area contributed by atoms with Gasteiger partial charge in [0, 0.05) is 25.2 Å². The summed E-state index contributed by atoms with van der Waals surface area (Å²) in [6, 6.07) is 7.70. The molecule has 0 bridgehead atoms. The third-order valence-corrected chi connectivity index (χ3v) is 4.10. The Kier molecular flexibility index (Phi) is 4.74. The van der Waals surface area contributed by atoms with Gasteiger partial charge in [0.25, 0.3) is 0 Å². The molecule has 6 heteroatoms. The summed E-state index contributed by atoms with van der Waals surface area (Å²) in [5.41, 5.74) is 0.723. The van der Waals surface area contributed by atoms with Crippen LogP contribution in [-0.4, -0.2) is 27.3 Å². The van der Waals surface area contributed by atoms with Gasteiger partial charge in [0.15, 0.2) is 17.4 Å². The maximum Gasteiger partial charge on any atom is 0.223 e. The summed E-state index contributed by atoms with van der Waals surface area (Å²) in [4.78, 5) is 22.6. The molecule has 1 saturated heterocycles. The van der Waals surface area contributed by atoms with Crippen molar-refractivity contribution in [3.05, 3.63) is 47.7 Å². The molecule has 0 aliphatic carbocycles. The topological polar surface area (TPSA) is 55.3 Å². The minimum atomic E-state index is -0.446. The van der Waals surface area contributed by atoms with Crippen LogP contribution >= 0.6 is 0 Å². The van der Waals surface area contributed by atoms with Crippen molar-refractivity contribution >= 4 is 5.91 Å². The van der Waals surface area contributed by atoms with E-state index in [1.807, 2.05) is 6.92 Å². The molecule has 5 nitrogen and oxygen atoms in total. The van der Waals surface area contributed by atoms with Gasteiger partial charge >= 0.3 is 0 Å². The fraction of sp³-hybridized carbons (Fsp3) is 0.389. The highest BCUT2D eigenvalue weighted by Crippen LogP contribution is 2.31. The van der Waals surface area contributed by atoms with E-state index in [0.29, 0.717) is 12.4 Å². The van der Waals surface area contributed by atoms with E-state index in [4.69, 9.17) is 4.74 Å². The van der Waals surface area contributed by atoms with Crippen molar-refractivity contribution in [2.24, 2.45) is 0 Å². The van der Waals surface area contributed by atoms with Gasteiger partial charge in [-0.15, -0.1) is 0 Å². The fourth-order valence-electron chi connectivity index (χ4n) is 2.98. The lowest BCUT2D eigenvalue weighted by Gasteiger charge is -2.34. The normalized spacial score (nSPS) is 17.6. The average molecular weight is 329 g/mol. The number of nitrogens with zero attached hydrogens (tertiary/aromatic N) is 3. The molecule has 1 atom stereocenters. The van der Waals surface area contributed by atoms with Gasteiger partial charge in [0.1, 0.15) is 0 Å². The van der Waals surface area contributed by atoms with Crippen molar-refractivity contribution < 1.29 is 13.9 Å². The third-order valence-electron chi connectivity index (χ3n) is 4.10. The molecular weight excluding hydrogens is 309 g/mol. The van der Waals surface area contributed by atoms with Gasteiger partial charge in [-0.3, -0.25) is 4.79 Å². The first-order valence-electron chi connectivity index (χ1n) is 8.10. The van der Waals surface area contributed by atoms with Crippen LogP contribution in [0, 0.1) is 12.7 Å². The average Bonchev–Trinajstić information content (AvgIpc) is 2.56. The molecule has 1 aliphatic heterocycles. The lowest BCUT2D eigenvalue weighted by molar-refractivity contribution is -0.132. The number of benzene rings is 1. The van der Waals surface area contributed by atoms with Crippen molar-refractivity contribution in [1.82, 2.24) is 14.9 Å². The summed E-state index contributed by atoms with van der Waals surface area (Å²) in [6.07, 6.45) is 2.83. The summed E-state index contributed by atoms with van der Waals surface area (Å²) in [7, 11) is 0. The maximum absolute atomic E-state index is 13.8. The van der Waals surface area contributed by atoms with E-state index in [1.165, 1.54) is 6.07 Å². The molecule has 24 heavy (non-hydrogen) atoms. The van der Waals surface area contributed by atoms with Crippen molar-refractivity contribution in [2.45, 2.75) is 39.2 Å². The second-order valence-corrected chi connectivity index (χ2v) is 5.96. The SMILES string of the molecule is CC(=O)N1CCCC[C@H]1c1nc(C)cc(Oc2ccccc2F)n1. The zero-order chi connectivity index (χ0) is 17.1. The van der Waals surface area contributed by atoms with Crippen LogP contribution in [0.3, 0.4) is 0 Å². The largest absolute Gasteiger partial charge is 0.436 e. The lowest BCUT2D eigenvalue weighted by atomic mass is 10.0. The van der Waals surface area contributed by atoms with Crippen LogP contribution in [0.1, 0.15) is 43.7 Å². The number of hydrogen-bond acceptors (Lipinski definition) is 4. The molecule has 0 spiro atoms. The van der Waals surface area contributed by atoms with Crippen LogP contribution in [0.15, 0.2) is 30.3 Å². The first kappa shape index (κ1) is 16.4. The number of aryl methyl sites for hydroxylation is 1. The number of carbonyl (C=O) groups is 1. The lowest BCUT2D eigenvalue weighted by Crippen LogP contribution is -2.37. The van der Waals surface area contributed by atoms with E-state index >= 15 is 0 Å². The van der Waals surface area contributed by atoms with E-state index in [1.54, 1.807) is 36.1 Å². The predicted molar refractivity (Wildman–Crippen MR) is 87.2 cm³/mol. The number of halogens is 1. The highest BCUT2D eigenvalue weighted by Gasteiger charge is 2.28. The summed E-state index contributed by atoms with van der Waals surface area (Å²) in [6.45, 7) is 4.10. The van der Waals surface area contributed by atoms with E-state index in [2.05, 4.69) is 9.97 Å². The molecule has 2 heterocycles. The minimum absolute atomic E-state index is 0.0152. The molecule has 0 N–H and O–H groups in total. The Hall–Kier alpha value is -2.50. The second kappa shape index (κ2) is 6.95. The van der Waals surface area contributed by atoms with Gasteiger partial charge in [-0.2, -0.15) is 4.98 Å². The quantitative estimate of drug-likeness (QED) is 0.860. The van der Waals surface area contributed by atoms with E-state index in [-0.39, 0.29) is 23.6 Å². The molecule has 0 saturated carbocycles. The van der Waals surface area contributed by atoms with Crippen LogP contribution in [0.5, 0.6) is 11.6 Å². The van der Waals surface area contributed by atoms with Crippen LogP contribution < -0.4 is 4.74 Å². The number of piperidine rings is 1. The fourth-order valence-corrected chi connectivity index (χ4v) is 2.98. The molecule has 1 aromatic carbocycles. The zero-order valence-electron chi connectivity index (χ0n) is 13.8. The molecule has 1 aliphatic rings. The first-order chi connectivity index (χ1) is 11.5. The minimum Gasteiger partial charge on any atom is -0.436 e. The Morgan fingerprint density at radius 1 is 1.29 bits per heavy atom. The molecule has 126 valence electrons. The van der Waals surface area contributed by atoms with Gasteiger partial charge in [-0.1, -0.05) is 12.1 Å². The number of likely N-dealkylation sites (tertiary alicyclic amines) is 1. The molecule has 0 radical (unpaired) electrons. The van der Waals surface area contributed by atoms with Crippen LogP contribution in [0.4, 0.5) is 4.39 Å². The Labute approximate surface area is 140 Å². The third kappa shape index (κ3) is 3.53. The molecule has 2 aromatic rings. The Morgan fingerprint density at radius 3 is 2.83 bits per heavy atom. The van der Waals surface area contributed by atoms with E-state index < -0.39 is 5.82 Å². The zero-order valence-corrected chi connectivity index (χ0v) is 13.8. The summed E-state index contributed by atoms with van der Waals surface area (Å²) >= 11 is 0. The number of ether oxygens (including phenoxy) is 1. The number of amides is 1. The van der Waals surface area contributed by atoms with Gasteiger partial charge in [-0.25, -0.2) is 9.37 Å². The van der Waals surface area contributed by atoms with Gasteiger partial charge in [-0.05, 0) is 38.3 Å². The maximum atomic E-state index is 13.8. The van der Waals surface area contributed by atoms with Gasteiger partial charge in [0.2, 0.25) is 11.8 Å². The standard InChI is InChI=1S/C18H20FN3O2/c1-12-11-17(24-16-9-4-3-7-14(16)19)21-18(20-12)15-8-5-6-10-22(15)13(2)23/h3-4,7,9,11,15H,5-6,8,10H2,1-2H3/t15-/m0/s1. The van der Waals surface area contributed by atoms with Crippen molar-refractivity contribution in [3.63, 3.8) is 0 Å². The summed E-state index contributed by atoms with van der Waals surface area (Å²) < 4.78 is 19.4. The number of hydrogen-bond donors (Lipinski definition) is 0. The van der Waals surface area contributed by atoms with Crippen molar-refractivity contribution in [1.29, 1.82) is 0 Å². The van der Waals surface area contributed by atoms with Crippen LogP contribution in [0.2, 0.25) is 0 Å².